The molecule has 0 saturated carbocycles. The second-order valence-corrected chi connectivity index (χ2v) is 5.06. The molecule has 3 nitrogen and oxygen atoms in total. The molecule has 15 heavy (non-hydrogen) atoms. The maximum atomic E-state index is 12.8. The number of nitrogens with two attached hydrogens (primary N) is 1. The van der Waals surface area contributed by atoms with E-state index in [1.54, 1.807) is 6.07 Å². The van der Waals surface area contributed by atoms with Gasteiger partial charge in [0.2, 0.25) is 5.13 Å². The zero-order valence-corrected chi connectivity index (χ0v) is 9.32. The summed E-state index contributed by atoms with van der Waals surface area (Å²) in [5, 5.41) is 8.02. The molecule has 0 bridgehead atoms. The van der Waals surface area contributed by atoms with Crippen LogP contribution in [-0.4, -0.2) is 10.2 Å². The Morgan fingerprint density at radius 2 is 2.27 bits per heavy atom. The van der Waals surface area contributed by atoms with Crippen LogP contribution in [0.2, 0.25) is 0 Å². The van der Waals surface area contributed by atoms with Crippen LogP contribution in [0.15, 0.2) is 28.6 Å². The Hall–Kier alpha value is -1.14. The van der Waals surface area contributed by atoms with Gasteiger partial charge in [-0.3, -0.25) is 0 Å². The van der Waals surface area contributed by atoms with Crippen LogP contribution in [0.1, 0.15) is 5.56 Å². The van der Waals surface area contributed by atoms with Crippen LogP contribution >= 0.6 is 23.1 Å². The van der Waals surface area contributed by atoms with E-state index in [2.05, 4.69) is 10.2 Å². The van der Waals surface area contributed by atoms with Crippen LogP contribution in [-0.2, 0) is 5.75 Å². The van der Waals surface area contributed by atoms with Crippen molar-refractivity contribution in [2.75, 3.05) is 5.73 Å². The topological polar surface area (TPSA) is 51.8 Å². The van der Waals surface area contributed by atoms with Gasteiger partial charge < -0.3 is 5.73 Å². The summed E-state index contributed by atoms with van der Waals surface area (Å²) >= 11 is 2.84. The largest absolute Gasteiger partial charge is 0.374 e. The van der Waals surface area contributed by atoms with Crippen molar-refractivity contribution >= 4 is 28.2 Å². The predicted octanol–water partition coefficient (Wildman–Crippen LogP) is 2.55. The maximum Gasteiger partial charge on any atom is 0.203 e. The fourth-order valence-corrected chi connectivity index (χ4v) is 2.63. The lowest BCUT2D eigenvalue weighted by atomic mass is 10.2. The molecule has 1 aromatic carbocycles. The molecule has 2 N–H and O–H groups in total. The number of aromatic nitrogens is 2. The lowest BCUT2D eigenvalue weighted by molar-refractivity contribution is 0.626. The van der Waals surface area contributed by atoms with Gasteiger partial charge in [-0.1, -0.05) is 35.2 Å². The van der Waals surface area contributed by atoms with E-state index in [1.165, 1.54) is 35.2 Å². The molecule has 1 heterocycles. The minimum Gasteiger partial charge on any atom is -0.374 e. The van der Waals surface area contributed by atoms with Crippen LogP contribution in [0.4, 0.5) is 9.52 Å². The third kappa shape index (κ3) is 2.90. The average Bonchev–Trinajstić information content (AvgIpc) is 2.62. The Bertz CT molecular complexity index is 458. The second-order valence-electron chi connectivity index (χ2n) is 2.82. The van der Waals surface area contributed by atoms with Gasteiger partial charge in [0, 0.05) is 5.75 Å². The quantitative estimate of drug-likeness (QED) is 0.839. The van der Waals surface area contributed by atoms with Gasteiger partial charge in [-0.25, -0.2) is 4.39 Å². The number of anilines is 1. The highest BCUT2D eigenvalue weighted by atomic mass is 32.2. The zero-order chi connectivity index (χ0) is 10.7. The summed E-state index contributed by atoms with van der Waals surface area (Å²) < 4.78 is 13.6. The first kappa shape index (κ1) is 10.4. The minimum absolute atomic E-state index is 0.218. The highest BCUT2D eigenvalue weighted by molar-refractivity contribution is 8.00. The number of nitrogens with zero attached hydrogens (tertiary/aromatic N) is 2. The molecule has 78 valence electrons. The van der Waals surface area contributed by atoms with Gasteiger partial charge in [0.05, 0.1) is 0 Å². The average molecular weight is 241 g/mol. The van der Waals surface area contributed by atoms with Gasteiger partial charge in [0.1, 0.15) is 5.82 Å². The lowest BCUT2D eigenvalue weighted by Crippen LogP contribution is -1.82. The normalized spacial score (nSPS) is 10.5. The molecule has 0 aliphatic rings. The predicted molar refractivity (Wildman–Crippen MR) is 60.3 cm³/mol. The summed E-state index contributed by atoms with van der Waals surface area (Å²) in [5.41, 5.74) is 6.37. The van der Waals surface area contributed by atoms with E-state index in [9.17, 15) is 4.39 Å². The molecular weight excluding hydrogens is 233 g/mol. The lowest BCUT2D eigenvalue weighted by Gasteiger charge is -1.97. The van der Waals surface area contributed by atoms with Crippen LogP contribution in [0, 0.1) is 5.82 Å². The number of rotatable bonds is 3. The van der Waals surface area contributed by atoms with E-state index in [4.69, 9.17) is 5.73 Å². The number of thioether (sulfide) groups is 1. The number of hydrogen-bond donors (Lipinski definition) is 1. The molecule has 0 aliphatic heterocycles. The highest BCUT2D eigenvalue weighted by Crippen LogP contribution is 2.26. The Kier molecular flexibility index (Phi) is 3.17. The summed E-state index contributed by atoms with van der Waals surface area (Å²) in [6.07, 6.45) is 0. The fraction of sp³-hybridized carbons (Fsp3) is 0.111. The molecule has 0 amide bonds. The first-order valence-corrected chi connectivity index (χ1v) is 6.00. The Morgan fingerprint density at radius 1 is 1.40 bits per heavy atom. The minimum atomic E-state index is -0.218. The molecule has 0 radical (unpaired) electrons. The summed E-state index contributed by atoms with van der Waals surface area (Å²) in [7, 11) is 0. The summed E-state index contributed by atoms with van der Waals surface area (Å²) in [6, 6.07) is 6.51. The molecule has 2 aromatic rings. The zero-order valence-electron chi connectivity index (χ0n) is 7.68. The fourth-order valence-electron chi connectivity index (χ4n) is 1.05. The van der Waals surface area contributed by atoms with Gasteiger partial charge in [0.25, 0.3) is 0 Å². The van der Waals surface area contributed by atoms with E-state index in [-0.39, 0.29) is 5.82 Å². The van der Waals surface area contributed by atoms with Gasteiger partial charge in [-0.05, 0) is 17.7 Å². The Balaban J connectivity index is 1.99. The van der Waals surface area contributed by atoms with Crippen molar-refractivity contribution in [1.82, 2.24) is 10.2 Å². The molecule has 2 rings (SSSR count). The molecule has 0 unspecified atom stereocenters. The summed E-state index contributed by atoms with van der Waals surface area (Å²) in [6.45, 7) is 0. The van der Waals surface area contributed by atoms with Gasteiger partial charge >= 0.3 is 0 Å². The van der Waals surface area contributed by atoms with E-state index >= 15 is 0 Å². The van der Waals surface area contributed by atoms with E-state index in [0.717, 1.165) is 9.90 Å². The van der Waals surface area contributed by atoms with E-state index < -0.39 is 0 Å². The highest BCUT2D eigenvalue weighted by Gasteiger charge is 2.02. The Labute approximate surface area is 94.5 Å². The third-order valence-electron chi connectivity index (χ3n) is 1.67. The van der Waals surface area contributed by atoms with Gasteiger partial charge in [0.15, 0.2) is 4.34 Å². The number of hydrogen-bond acceptors (Lipinski definition) is 5. The smallest absolute Gasteiger partial charge is 0.203 e. The van der Waals surface area contributed by atoms with E-state index in [0.29, 0.717) is 10.9 Å². The Morgan fingerprint density at radius 3 is 2.93 bits per heavy atom. The standard InChI is InChI=1S/C9H8FN3S2/c10-7-3-1-2-6(4-7)5-14-9-13-12-8(11)15-9/h1-4H,5H2,(H2,11,12). The van der Waals surface area contributed by atoms with Gasteiger partial charge in [-0.2, -0.15) is 0 Å². The van der Waals surface area contributed by atoms with Crippen molar-refractivity contribution in [2.24, 2.45) is 0 Å². The monoisotopic (exact) mass is 241 g/mol. The number of halogens is 1. The third-order valence-corrected chi connectivity index (χ3v) is 3.63. The van der Waals surface area contributed by atoms with Crippen molar-refractivity contribution < 1.29 is 4.39 Å². The van der Waals surface area contributed by atoms with Gasteiger partial charge in [-0.15, -0.1) is 10.2 Å². The van der Waals surface area contributed by atoms with Crippen molar-refractivity contribution in [3.05, 3.63) is 35.6 Å². The van der Waals surface area contributed by atoms with Crippen LogP contribution < -0.4 is 5.73 Å². The molecule has 6 heteroatoms. The summed E-state index contributed by atoms with van der Waals surface area (Å²) in [5.74, 6) is 0.455. The molecular formula is C9H8FN3S2. The number of benzene rings is 1. The van der Waals surface area contributed by atoms with Crippen LogP contribution in [0.5, 0.6) is 0 Å². The van der Waals surface area contributed by atoms with Crippen LogP contribution in [0.25, 0.3) is 0 Å². The number of nitrogen functional groups attached to an aromatic ring is 1. The second kappa shape index (κ2) is 4.59. The van der Waals surface area contributed by atoms with E-state index in [1.807, 2.05) is 6.07 Å². The first-order chi connectivity index (χ1) is 7.24. The SMILES string of the molecule is Nc1nnc(SCc2cccc(F)c2)s1. The molecule has 0 fully saturated rings. The van der Waals surface area contributed by atoms with Crippen LogP contribution in [0.3, 0.4) is 0 Å². The molecule has 0 atom stereocenters. The van der Waals surface area contributed by atoms with Crippen molar-refractivity contribution in [3.8, 4) is 0 Å². The maximum absolute atomic E-state index is 12.8. The first-order valence-electron chi connectivity index (χ1n) is 4.20. The molecule has 1 aromatic heterocycles. The van der Waals surface area contributed by atoms with Crippen molar-refractivity contribution in [1.29, 1.82) is 0 Å². The molecule has 0 spiro atoms. The summed E-state index contributed by atoms with van der Waals surface area (Å²) in [4.78, 5) is 0. The molecule has 0 aliphatic carbocycles. The molecule has 0 saturated heterocycles. The van der Waals surface area contributed by atoms with Crippen molar-refractivity contribution in [2.45, 2.75) is 10.1 Å². The van der Waals surface area contributed by atoms with Crippen molar-refractivity contribution in [3.63, 3.8) is 0 Å².